The Morgan fingerprint density at radius 1 is 0.946 bits per heavy atom. The topological polar surface area (TPSA) is 77.1 Å². The zero-order valence-electron chi connectivity index (χ0n) is 21.2. The monoisotopic (exact) mass is 496 g/mol. The van der Waals surface area contributed by atoms with Gasteiger partial charge in [0.1, 0.15) is 0 Å². The normalized spacial score (nSPS) is 14.0. The van der Waals surface area contributed by atoms with Crippen LogP contribution >= 0.6 is 0 Å². The number of hydrogen-bond donors (Lipinski definition) is 1. The number of rotatable bonds is 7. The highest BCUT2D eigenvalue weighted by atomic mass is 16.2. The maximum absolute atomic E-state index is 13.9. The predicted molar refractivity (Wildman–Crippen MR) is 147 cm³/mol. The molecule has 4 aromatic rings. The number of nitrogens with one attached hydrogen (secondary N) is 1. The van der Waals surface area contributed by atoms with E-state index in [-0.39, 0.29) is 11.2 Å². The Kier molecular flexibility index (Phi) is 7.24. The number of terminal acetylenes is 1. The first-order chi connectivity index (χ1) is 18.1. The van der Waals surface area contributed by atoms with Crippen molar-refractivity contribution < 1.29 is 0 Å². The molecule has 3 heterocycles. The number of anilines is 1. The highest BCUT2D eigenvalue weighted by Gasteiger charge is 2.25. The second-order valence-electron chi connectivity index (χ2n) is 9.37. The lowest BCUT2D eigenvalue weighted by Crippen LogP contribution is -2.41. The van der Waals surface area contributed by atoms with Crippen molar-refractivity contribution in [3.05, 3.63) is 92.1 Å². The number of fused-ring (bicyclic) bond motifs is 1. The second kappa shape index (κ2) is 10.9. The summed E-state index contributed by atoms with van der Waals surface area (Å²) < 4.78 is 4.96. The van der Waals surface area contributed by atoms with Gasteiger partial charge in [-0.05, 0) is 36.6 Å². The molecule has 37 heavy (non-hydrogen) atoms. The van der Waals surface area contributed by atoms with Gasteiger partial charge in [0.2, 0.25) is 5.95 Å². The number of aromatic nitrogens is 4. The highest BCUT2D eigenvalue weighted by molar-refractivity contribution is 5.75. The molecule has 1 fully saturated rings. The molecule has 0 saturated carbocycles. The highest BCUT2D eigenvalue weighted by Crippen LogP contribution is 2.24. The zero-order chi connectivity index (χ0) is 25.8. The Balaban J connectivity index is 1.79. The van der Waals surface area contributed by atoms with Crippen LogP contribution in [-0.2, 0) is 19.6 Å². The van der Waals surface area contributed by atoms with Gasteiger partial charge in [-0.3, -0.25) is 18.5 Å². The molecule has 1 saturated heterocycles. The van der Waals surface area contributed by atoms with E-state index in [9.17, 15) is 9.59 Å². The van der Waals surface area contributed by atoms with Crippen LogP contribution in [0.5, 0.6) is 0 Å². The minimum absolute atomic E-state index is 0.309. The number of benzene rings is 2. The van der Waals surface area contributed by atoms with Crippen LogP contribution in [0, 0.1) is 12.3 Å². The van der Waals surface area contributed by atoms with Gasteiger partial charge in [-0.1, -0.05) is 61.4 Å². The lowest BCUT2D eigenvalue weighted by Gasteiger charge is -2.22. The number of imidazole rings is 1. The van der Waals surface area contributed by atoms with Crippen LogP contribution in [0.1, 0.15) is 36.5 Å². The molecule has 2 aromatic carbocycles. The van der Waals surface area contributed by atoms with E-state index in [1.807, 2.05) is 66.1 Å². The average Bonchev–Trinajstić information content (AvgIpc) is 3.09. The van der Waals surface area contributed by atoms with Gasteiger partial charge in [0.25, 0.3) is 5.56 Å². The zero-order valence-corrected chi connectivity index (χ0v) is 21.2. The Hall–Kier alpha value is -4.09. The van der Waals surface area contributed by atoms with Crippen molar-refractivity contribution in [1.29, 1.82) is 0 Å². The van der Waals surface area contributed by atoms with Crippen LogP contribution in [-0.4, -0.2) is 44.9 Å². The molecule has 1 aliphatic rings. The van der Waals surface area contributed by atoms with Gasteiger partial charge in [0, 0.05) is 31.7 Å². The molecule has 0 spiro atoms. The lowest BCUT2D eigenvalue weighted by molar-refractivity contribution is 0.577. The first kappa shape index (κ1) is 24.6. The van der Waals surface area contributed by atoms with Crippen LogP contribution in [0.15, 0.2) is 64.2 Å². The third-order valence-corrected chi connectivity index (χ3v) is 6.85. The summed E-state index contributed by atoms with van der Waals surface area (Å²) in [5.41, 5.74) is 2.89. The molecule has 0 amide bonds. The Morgan fingerprint density at radius 3 is 2.51 bits per heavy atom. The van der Waals surface area contributed by atoms with Crippen molar-refractivity contribution in [3.8, 4) is 12.3 Å². The fourth-order valence-electron chi connectivity index (χ4n) is 5.01. The van der Waals surface area contributed by atoms with E-state index < -0.39 is 0 Å². The first-order valence-electron chi connectivity index (χ1n) is 12.9. The van der Waals surface area contributed by atoms with Crippen LogP contribution in [0.3, 0.4) is 0 Å². The van der Waals surface area contributed by atoms with Crippen LogP contribution in [0.4, 0.5) is 5.95 Å². The predicted octanol–water partition coefficient (Wildman–Crippen LogP) is 2.65. The van der Waals surface area contributed by atoms with E-state index in [1.165, 1.54) is 4.57 Å². The van der Waals surface area contributed by atoms with Crippen LogP contribution in [0.25, 0.3) is 11.2 Å². The molecule has 1 aliphatic heterocycles. The van der Waals surface area contributed by atoms with Crippen molar-refractivity contribution in [2.24, 2.45) is 0 Å². The molecule has 190 valence electrons. The van der Waals surface area contributed by atoms with Gasteiger partial charge in [-0.2, -0.15) is 4.98 Å². The van der Waals surface area contributed by atoms with E-state index in [0.717, 1.165) is 49.3 Å². The van der Waals surface area contributed by atoms with E-state index in [0.29, 0.717) is 43.2 Å². The summed E-state index contributed by atoms with van der Waals surface area (Å²) in [4.78, 5) is 34.7. The van der Waals surface area contributed by atoms with E-state index in [2.05, 4.69) is 16.1 Å². The van der Waals surface area contributed by atoms with Gasteiger partial charge in [-0.15, -0.1) is 6.42 Å². The Morgan fingerprint density at radius 2 is 1.73 bits per heavy atom. The summed E-state index contributed by atoms with van der Waals surface area (Å²) in [5.74, 6) is 3.46. The Labute approximate surface area is 216 Å². The molecular formula is C29H32N6O2. The molecule has 5 rings (SSSR count). The fourth-order valence-corrected chi connectivity index (χ4v) is 5.01. The summed E-state index contributed by atoms with van der Waals surface area (Å²) in [6, 6.07) is 17.6. The minimum atomic E-state index is -0.332. The maximum Gasteiger partial charge on any atom is 0.333 e. The third kappa shape index (κ3) is 4.83. The van der Waals surface area contributed by atoms with E-state index >= 15 is 0 Å². The molecule has 0 atom stereocenters. The second-order valence-corrected chi connectivity index (χ2v) is 9.37. The van der Waals surface area contributed by atoms with E-state index in [4.69, 9.17) is 11.4 Å². The molecular weight excluding hydrogens is 464 g/mol. The molecule has 0 radical (unpaired) electrons. The van der Waals surface area contributed by atoms with Crippen LogP contribution in [0.2, 0.25) is 0 Å². The molecule has 2 aromatic heterocycles. The summed E-state index contributed by atoms with van der Waals surface area (Å²) >= 11 is 0. The van der Waals surface area contributed by atoms with Gasteiger partial charge in [0.05, 0.1) is 13.1 Å². The van der Waals surface area contributed by atoms with Crippen molar-refractivity contribution in [2.75, 3.05) is 31.1 Å². The smallest absolute Gasteiger partial charge is 0.333 e. The molecule has 0 aliphatic carbocycles. The van der Waals surface area contributed by atoms with Crippen molar-refractivity contribution in [3.63, 3.8) is 0 Å². The molecule has 0 unspecified atom stereocenters. The molecule has 0 bridgehead atoms. The molecule has 8 nitrogen and oxygen atoms in total. The average molecular weight is 497 g/mol. The number of nitrogens with zero attached hydrogens (tertiary/aromatic N) is 5. The molecule has 1 N–H and O–H groups in total. The van der Waals surface area contributed by atoms with Crippen molar-refractivity contribution in [2.45, 2.75) is 39.4 Å². The van der Waals surface area contributed by atoms with Gasteiger partial charge in [0.15, 0.2) is 11.2 Å². The number of hydrogen-bond acceptors (Lipinski definition) is 5. The van der Waals surface area contributed by atoms with Crippen molar-refractivity contribution in [1.82, 2.24) is 24.0 Å². The SMILES string of the molecule is C#Cc1ccccc1Cn1c(N2CCCNCC2)nc2c1c(=O)n(CCC)c(=O)n2Cc1ccccc1. The summed E-state index contributed by atoms with van der Waals surface area (Å²) in [5, 5.41) is 3.43. The first-order valence-corrected chi connectivity index (χ1v) is 12.9. The van der Waals surface area contributed by atoms with Crippen molar-refractivity contribution >= 4 is 17.1 Å². The van der Waals surface area contributed by atoms with E-state index in [1.54, 1.807) is 4.57 Å². The maximum atomic E-state index is 13.9. The van der Waals surface area contributed by atoms with Gasteiger partial charge < -0.3 is 10.2 Å². The summed E-state index contributed by atoms with van der Waals surface area (Å²) in [6.07, 6.45) is 7.44. The molecule has 8 heteroatoms. The van der Waals surface area contributed by atoms with Gasteiger partial charge >= 0.3 is 5.69 Å². The third-order valence-electron chi connectivity index (χ3n) is 6.85. The quantitative estimate of drug-likeness (QED) is 0.398. The standard InChI is InChI=1S/C29H32N6O2/c1-3-17-33-27(36)25-26(35(29(33)37)20-22-11-6-5-7-12-22)31-28(32-18-10-15-30-16-19-32)34(25)21-24-14-9-8-13-23(24)4-2/h2,5-9,11-14,30H,3,10,15-21H2,1H3. The van der Waals surface area contributed by atoms with Crippen LogP contribution < -0.4 is 21.5 Å². The fraction of sp³-hybridized carbons (Fsp3) is 0.345. The summed E-state index contributed by atoms with van der Waals surface area (Å²) in [6.45, 7) is 6.34. The largest absolute Gasteiger partial charge is 0.341 e. The lowest BCUT2D eigenvalue weighted by atomic mass is 10.1. The minimum Gasteiger partial charge on any atom is -0.341 e. The van der Waals surface area contributed by atoms with Gasteiger partial charge in [-0.25, -0.2) is 4.79 Å². The Bertz CT molecular complexity index is 1550. The summed E-state index contributed by atoms with van der Waals surface area (Å²) in [7, 11) is 0.